The van der Waals surface area contributed by atoms with Crippen LogP contribution in [0.5, 0.6) is 0 Å². The van der Waals surface area contributed by atoms with Gasteiger partial charge < -0.3 is 0 Å². The van der Waals surface area contributed by atoms with Crippen molar-refractivity contribution >= 4 is 0 Å². The Morgan fingerprint density at radius 1 is 1.00 bits per heavy atom. The van der Waals surface area contributed by atoms with Crippen LogP contribution < -0.4 is 0 Å². The smallest absolute Gasteiger partial charge is 0.144 e. The summed E-state index contributed by atoms with van der Waals surface area (Å²) in [6, 6.07) is 5.64. The highest BCUT2D eigenvalue weighted by Crippen LogP contribution is 1.99. The van der Waals surface area contributed by atoms with Crippen molar-refractivity contribution in [1.29, 1.82) is 0 Å². The predicted molar refractivity (Wildman–Crippen MR) is 62.6 cm³/mol. The standard InChI is InChI=1S/C7H9N.C6H6FN/c1-6-4-3-5-8-7(6)2;1-5-2-3-8-4-6(5)7/h3-5H,1-2H3;2-4H,1H3. The molecule has 0 atom stereocenters. The van der Waals surface area contributed by atoms with Gasteiger partial charge >= 0.3 is 0 Å². The van der Waals surface area contributed by atoms with Gasteiger partial charge in [-0.25, -0.2) is 4.39 Å². The van der Waals surface area contributed by atoms with Crippen LogP contribution in [0.15, 0.2) is 36.8 Å². The van der Waals surface area contributed by atoms with E-state index in [0.717, 1.165) is 5.69 Å². The lowest BCUT2D eigenvalue weighted by atomic mass is 10.2. The molecule has 2 heterocycles. The number of aryl methyl sites for hydroxylation is 3. The topological polar surface area (TPSA) is 25.8 Å². The van der Waals surface area contributed by atoms with Crippen LogP contribution in [0.3, 0.4) is 0 Å². The Morgan fingerprint density at radius 3 is 2.12 bits per heavy atom. The van der Waals surface area contributed by atoms with Crippen LogP contribution in [0, 0.1) is 26.6 Å². The number of aromatic nitrogens is 2. The molecule has 0 radical (unpaired) electrons. The van der Waals surface area contributed by atoms with Crippen LogP contribution in [0.2, 0.25) is 0 Å². The highest BCUT2D eigenvalue weighted by atomic mass is 19.1. The molecule has 0 bridgehead atoms. The largest absolute Gasteiger partial charge is 0.262 e. The van der Waals surface area contributed by atoms with Crippen molar-refractivity contribution in [3.8, 4) is 0 Å². The molecular weight excluding hydrogens is 203 g/mol. The molecule has 0 amide bonds. The lowest BCUT2D eigenvalue weighted by Crippen LogP contribution is -1.81. The van der Waals surface area contributed by atoms with Gasteiger partial charge in [-0.15, -0.1) is 0 Å². The maximum atomic E-state index is 12.3. The Kier molecular flexibility index (Phi) is 4.58. The summed E-state index contributed by atoms with van der Waals surface area (Å²) in [5.41, 5.74) is 3.01. The molecule has 0 aromatic carbocycles. The SMILES string of the molecule is Cc1cccnc1C.Cc1ccncc1F. The second-order valence-corrected chi connectivity index (χ2v) is 3.53. The first-order valence-electron chi connectivity index (χ1n) is 5.05. The van der Waals surface area contributed by atoms with E-state index in [1.165, 1.54) is 11.8 Å². The Balaban J connectivity index is 0.000000160. The summed E-state index contributed by atoms with van der Waals surface area (Å²) in [7, 11) is 0. The highest BCUT2D eigenvalue weighted by Gasteiger charge is 1.90. The summed E-state index contributed by atoms with van der Waals surface area (Å²) in [6.45, 7) is 5.77. The summed E-state index contributed by atoms with van der Waals surface area (Å²) >= 11 is 0. The van der Waals surface area contributed by atoms with Crippen LogP contribution in [0.25, 0.3) is 0 Å². The van der Waals surface area contributed by atoms with E-state index in [0.29, 0.717) is 5.56 Å². The van der Waals surface area contributed by atoms with Crippen molar-refractivity contribution in [2.75, 3.05) is 0 Å². The summed E-state index contributed by atoms with van der Waals surface area (Å²) in [4.78, 5) is 7.65. The molecule has 0 spiro atoms. The van der Waals surface area contributed by atoms with Crippen LogP contribution in [-0.2, 0) is 0 Å². The van der Waals surface area contributed by atoms with Crippen molar-refractivity contribution in [3.05, 3.63) is 59.4 Å². The minimum absolute atomic E-state index is 0.243. The van der Waals surface area contributed by atoms with E-state index in [-0.39, 0.29) is 5.82 Å². The third-order valence-electron chi connectivity index (χ3n) is 2.25. The van der Waals surface area contributed by atoms with E-state index >= 15 is 0 Å². The lowest BCUT2D eigenvalue weighted by molar-refractivity contribution is 0.612. The third-order valence-corrected chi connectivity index (χ3v) is 2.25. The molecule has 0 aliphatic carbocycles. The molecule has 0 unspecified atom stereocenters. The first-order valence-corrected chi connectivity index (χ1v) is 5.05. The molecule has 0 N–H and O–H groups in total. The van der Waals surface area contributed by atoms with Gasteiger partial charge in [-0.1, -0.05) is 6.07 Å². The number of pyridine rings is 2. The molecular formula is C13H15FN2. The monoisotopic (exact) mass is 218 g/mol. The van der Waals surface area contributed by atoms with Gasteiger partial charge in [0, 0.05) is 18.1 Å². The summed E-state index contributed by atoms with van der Waals surface area (Å²) < 4.78 is 12.3. The second kappa shape index (κ2) is 5.95. The summed E-state index contributed by atoms with van der Waals surface area (Å²) in [6.07, 6.45) is 4.58. The highest BCUT2D eigenvalue weighted by molar-refractivity contribution is 5.15. The van der Waals surface area contributed by atoms with Gasteiger partial charge in [-0.2, -0.15) is 0 Å². The zero-order chi connectivity index (χ0) is 12.0. The fourth-order valence-electron chi connectivity index (χ4n) is 1.01. The number of hydrogen-bond acceptors (Lipinski definition) is 2. The van der Waals surface area contributed by atoms with E-state index < -0.39 is 0 Å². The van der Waals surface area contributed by atoms with Crippen LogP contribution in [0.1, 0.15) is 16.8 Å². The van der Waals surface area contributed by atoms with E-state index in [4.69, 9.17) is 0 Å². The third kappa shape index (κ3) is 3.77. The molecule has 0 aliphatic heterocycles. The fourth-order valence-corrected chi connectivity index (χ4v) is 1.01. The average Bonchev–Trinajstić information content (AvgIpc) is 2.28. The molecule has 0 saturated carbocycles. The van der Waals surface area contributed by atoms with Crippen molar-refractivity contribution in [3.63, 3.8) is 0 Å². The van der Waals surface area contributed by atoms with Gasteiger partial charge in [0.2, 0.25) is 0 Å². The molecule has 2 rings (SSSR count). The zero-order valence-electron chi connectivity index (χ0n) is 9.74. The Hall–Kier alpha value is -1.77. The first-order chi connectivity index (χ1) is 7.61. The van der Waals surface area contributed by atoms with Crippen LogP contribution in [-0.4, -0.2) is 9.97 Å². The first kappa shape index (κ1) is 12.3. The summed E-state index contributed by atoms with van der Waals surface area (Å²) in [5, 5.41) is 0. The molecule has 0 fully saturated rings. The minimum atomic E-state index is -0.243. The van der Waals surface area contributed by atoms with Gasteiger partial charge in [-0.3, -0.25) is 9.97 Å². The number of hydrogen-bond donors (Lipinski definition) is 0. The molecule has 3 heteroatoms. The maximum absolute atomic E-state index is 12.3. The minimum Gasteiger partial charge on any atom is -0.262 e. The van der Waals surface area contributed by atoms with Crippen molar-refractivity contribution in [1.82, 2.24) is 9.97 Å². The van der Waals surface area contributed by atoms with E-state index in [1.54, 1.807) is 19.2 Å². The zero-order valence-corrected chi connectivity index (χ0v) is 9.74. The fraction of sp³-hybridized carbons (Fsp3) is 0.231. The molecule has 84 valence electrons. The Labute approximate surface area is 95.2 Å². The van der Waals surface area contributed by atoms with Gasteiger partial charge in [0.15, 0.2) is 0 Å². The molecule has 0 aliphatic rings. The Bertz CT molecular complexity index is 370. The van der Waals surface area contributed by atoms with Crippen LogP contribution >= 0.6 is 0 Å². The second-order valence-electron chi connectivity index (χ2n) is 3.53. The van der Waals surface area contributed by atoms with Gasteiger partial charge in [-0.05, 0) is 44.0 Å². The normalized spacial score (nSPS) is 9.25. The van der Waals surface area contributed by atoms with E-state index in [2.05, 4.69) is 23.0 Å². The van der Waals surface area contributed by atoms with Crippen molar-refractivity contribution < 1.29 is 4.39 Å². The van der Waals surface area contributed by atoms with Crippen LogP contribution in [0.4, 0.5) is 4.39 Å². The molecule has 2 aromatic rings. The van der Waals surface area contributed by atoms with Gasteiger partial charge in [0.05, 0.1) is 6.20 Å². The quantitative estimate of drug-likeness (QED) is 0.678. The molecule has 0 saturated heterocycles. The average molecular weight is 218 g/mol. The van der Waals surface area contributed by atoms with E-state index in [1.807, 2.05) is 19.2 Å². The number of halogens is 1. The Morgan fingerprint density at radius 2 is 1.75 bits per heavy atom. The molecule has 2 nitrogen and oxygen atoms in total. The van der Waals surface area contributed by atoms with Crippen molar-refractivity contribution in [2.24, 2.45) is 0 Å². The van der Waals surface area contributed by atoms with Gasteiger partial charge in [0.1, 0.15) is 5.82 Å². The molecule has 2 aromatic heterocycles. The lowest BCUT2D eigenvalue weighted by Gasteiger charge is -1.92. The maximum Gasteiger partial charge on any atom is 0.144 e. The molecule has 16 heavy (non-hydrogen) atoms. The predicted octanol–water partition coefficient (Wildman–Crippen LogP) is 3.23. The summed E-state index contributed by atoms with van der Waals surface area (Å²) in [5.74, 6) is -0.243. The number of nitrogens with zero attached hydrogens (tertiary/aromatic N) is 2. The van der Waals surface area contributed by atoms with Gasteiger partial charge in [0.25, 0.3) is 0 Å². The van der Waals surface area contributed by atoms with E-state index in [9.17, 15) is 4.39 Å². The number of rotatable bonds is 0. The van der Waals surface area contributed by atoms with Crippen molar-refractivity contribution in [2.45, 2.75) is 20.8 Å².